The summed E-state index contributed by atoms with van der Waals surface area (Å²) in [6.07, 6.45) is 7.72. The van der Waals surface area contributed by atoms with Crippen molar-refractivity contribution in [3.05, 3.63) is 0 Å². The lowest BCUT2D eigenvalue weighted by Crippen LogP contribution is -2.49. The second kappa shape index (κ2) is 7.41. The number of hydrogen-bond acceptors (Lipinski definition) is 3. The van der Waals surface area contributed by atoms with Gasteiger partial charge in [-0.2, -0.15) is 0 Å². The fourth-order valence-electron chi connectivity index (χ4n) is 3.72. The molecule has 0 bridgehead atoms. The van der Waals surface area contributed by atoms with Crippen LogP contribution in [0.4, 0.5) is 0 Å². The molecule has 4 heteroatoms. The highest BCUT2D eigenvalue weighted by Crippen LogP contribution is 2.35. The van der Waals surface area contributed by atoms with E-state index in [4.69, 9.17) is 4.74 Å². The zero-order valence-electron chi connectivity index (χ0n) is 12.9. The van der Waals surface area contributed by atoms with Crippen LogP contribution < -0.4 is 0 Å². The molecule has 4 nitrogen and oxygen atoms in total. The first-order valence-corrected chi connectivity index (χ1v) is 8.13. The predicted molar refractivity (Wildman–Crippen MR) is 78.4 cm³/mol. The Balaban J connectivity index is 1.94. The van der Waals surface area contributed by atoms with Crippen LogP contribution in [0.15, 0.2) is 0 Å². The number of aliphatic hydroxyl groups excluding tert-OH is 1. The zero-order valence-corrected chi connectivity index (χ0v) is 12.9. The summed E-state index contributed by atoms with van der Waals surface area (Å²) in [7, 11) is 1.69. The van der Waals surface area contributed by atoms with Crippen LogP contribution in [-0.4, -0.2) is 47.8 Å². The van der Waals surface area contributed by atoms with Crippen LogP contribution in [0.2, 0.25) is 0 Å². The van der Waals surface area contributed by atoms with E-state index in [1.807, 2.05) is 6.92 Å². The number of hydrogen-bond donors (Lipinski definition) is 1. The molecule has 4 atom stereocenters. The molecule has 0 spiro atoms. The predicted octanol–water partition coefficient (Wildman–Crippen LogP) is 2.34. The summed E-state index contributed by atoms with van der Waals surface area (Å²) >= 11 is 0. The summed E-state index contributed by atoms with van der Waals surface area (Å²) in [5.74, 6) is 0.553. The summed E-state index contributed by atoms with van der Waals surface area (Å²) in [5.41, 5.74) is 0. The quantitative estimate of drug-likeness (QED) is 0.842. The number of aliphatic hydroxyl groups is 1. The first-order chi connectivity index (χ1) is 9.63. The maximum atomic E-state index is 12.5. The van der Waals surface area contributed by atoms with E-state index in [9.17, 15) is 9.90 Å². The third-order valence-electron chi connectivity index (χ3n) is 5.06. The third kappa shape index (κ3) is 3.73. The molecule has 1 heterocycles. The molecule has 116 valence electrons. The molecule has 2 fully saturated rings. The van der Waals surface area contributed by atoms with Crippen molar-refractivity contribution in [2.24, 2.45) is 5.92 Å². The second-order valence-corrected chi connectivity index (χ2v) is 6.40. The molecule has 0 radical (unpaired) electrons. The Morgan fingerprint density at radius 1 is 1.30 bits per heavy atom. The van der Waals surface area contributed by atoms with Gasteiger partial charge in [0.25, 0.3) is 0 Å². The number of nitrogens with zero attached hydrogens (tertiary/aromatic N) is 1. The summed E-state index contributed by atoms with van der Waals surface area (Å²) in [5, 5.41) is 10.1. The molecule has 1 saturated heterocycles. The van der Waals surface area contributed by atoms with Crippen LogP contribution in [0.25, 0.3) is 0 Å². The first-order valence-electron chi connectivity index (χ1n) is 8.13. The molecule has 0 aromatic heterocycles. The van der Waals surface area contributed by atoms with Gasteiger partial charge in [0.2, 0.25) is 5.91 Å². The number of likely N-dealkylation sites (tertiary alicyclic amines) is 1. The third-order valence-corrected chi connectivity index (χ3v) is 5.06. The van der Waals surface area contributed by atoms with Gasteiger partial charge >= 0.3 is 0 Å². The molecule has 4 unspecified atom stereocenters. The Morgan fingerprint density at radius 3 is 2.75 bits per heavy atom. The lowest BCUT2D eigenvalue weighted by Gasteiger charge is -2.40. The smallest absolute Gasteiger partial charge is 0.222 e. The molecule has 2 rings (SSSR count). The van der Waals surface area contributed by atoms with Crippen LogP contribution in [0, 0.1) is 5.92 Å². The van der Waals surface area contributed by atoms with E-state index in [2.05, 4.69) is 4.90 Å². The molecule has 1 aliphatic carbocycles. The average molecular weight is 283 g/mol. The minimum Gasteiger partial charge on any atom is -0.393 e. The number of piperidine rings is 1. The van der Waals surface area contributed by atoms with Crippen LogP contribution in [0.1, 0.15) is 58.3 Å². The van der Waals surface area contributed by atoms with E-state index in [1.165, 1.54) is 6.42 Å². The van der Waals surface area contributed by atoms with Gasteiger partial charge in [0.1, 0.15) is 0 Å². The molecule has 1 amide bonds. The first kappa shape index (κ1) is 15.8. The standard InChI is InChI=1S/C16H29NO3/c1-12(20-2)9-10-16(19)17-11-4-3-7-14(17)13-6-5-8-15(13)18/h12-15,18H,3-11H2,1-2H3. The lowest BCUT2D eigenvalue weighted by atomic mass is 9.87. The maximum absolute atomic E-state index is 12.5. The molecule has 1 aliphatic heterocycles. The minimum absolute atomic E-state index is 0.138. The molecule has 1 saturated carbocycles. The van der Waals surface area contributed by atoms with Gasteiger partial charge in [0.05, 0.1) is 12.2 Å². The Morgan fingerprint density at radius 2 is 2.10 bits per heavy atom. The van der Waals surface area contributed by atoms with E-state index in [-0.39, 0.29) is 24.2 Å². The minimum atomic E-state index is -0.203. The summed E-state index contributed by atoms with van der Waals surface area (Å²) < 4.78 is 5.22. The van der Waals surface area contributed by atoms with Gasteiger partial charge in [-0.25, -0.2) is 0 Å². The Bertz CT molecular complexity index is 321. The molecule has 20 heavy (non-hydrogen) atoms. The van der Waals surface area contributed by atoms with Crippen molar-refractivity contribution in [2.45, 2.75) is 76.5 Å². The molecule has 1 N–H and O–H groups in total. The van der Waals surface area contributed by atoms with Gasteiger partial charge in [0.15, 0.2) is 0 Å². The van der Waals surface area contributed by atoms with Crippen LogP contribution in [0.3, 0.4) is 0 Å². The molecular formula is C16H29NO3. The molecule has 0 aromatic carbocycles. The van der Waals surface area contributed by atoms with Crippen molar-refractivity contribution in [2.75, 3.05) is 13.7 Å². The number of carbonyl (C=O) groups is 1. The van der Waals surface area contributed by atoms with E-state index in [0.29, 0.717) is 12.3 Å². The van der Waals surface area contributed by atoms with Gasteiger partial charge in [-0.05, 0) is 45.4 Å². The second-order valence-electron chi connectivity index (χ2n) is 6.40. The SMILES string of the molecule is COC(C)CCC(=O)N1CCCCC1C1CCCC1O. The monoisotopic (exact) mass is 283 g/mol. The van der Waals surface area contributed by atoms with Gasteiger partial charge < -0.3 is 14.7 Å². The molecule has 2 aliphatic rings. The number of rotatable bonds is 5. The Kier molecular flexibility index (Phi) is 5.85. The molecular weight excluding hydrogens is 254 g/mol. The van der Waals surface area contributed by atoms with Gasteiger partial charge in [-0.15, -0.1) is 0 Å². The van der Waals surface area contributed by atoms with Crippen molar-refractivity contribution >= 4 is 5.91 Å². The van der Waals surface area contributed by atoms with Gasteiger partial charge in [0, 0.05) is 32.0 Å². The number of ether oxygens (including phenoxy) is 1. The topological polar surface area (TPSA) is 49.8 Å². The van der Waals surface area contributed by atoms with Crippen molar-refractivity contribution < 1.29 is 14.6 Å². The van der Waals surface area contributed by atoms with Crippen molar-refractivity contribution in [1.82, 2.24) is 4.90 Å². The van der Waals surface area contributed by atoms with Gasteiger partial charge in [-0.3, -0.25) is 4.79 Å². The lowest BCUT2D eigenvalue weighted by molar-refractivity contribution is -0.137. The fourth-order valence-corrected chi connectivity index (χ4v) is 3.72. The van der Waals surface area contributed by atoms with Crippen LogP contribution >= 0.6 is 0 Å². The van der Waals surface area contributed by atoms with E-state index in [0.717, 1.165) is 45.1 Å². The fraction of sp³-hybridized carbons (Fsp3) is 0.938. The number of methoxy groups -OCH3 is 1. The average Bonchev–Trinajstić information content (AvgIpc) is 2.90. The van der Waals surface area contributed by atoms with Crippen molar-refractivity contribution in [1.29, 1.82) is 0 Å². The van der Waals surface area contributed by atoms with E-state index in [1.54, 1.807) is 7.11 Å². The number of carbonyl (C=O) groups excluding carboxylic acids is 1. The van der Waals surface area contributed by atoms with E-state index < -0.39 is 0 Å². The van der Waals surface area contributed by atoms with Gasteiger partial charge in [-0.1, -0.05) is 6.42 Å². The van der Waals surface area contributed by atoms with E-state index >= 15 is 0 Å². The highest BCUT2D eigenvalue weighted by molar-refractivity contribution is 5.76. The largest absolute Gasteiger partial charge is 0.393 e. The van der Waals surface area contributed by atoms with Crippen molar-refractivity contribution in [3.63, 3.8) is 0 Å². The highest BCUT2D eigenvalue weighted by atomic mass is 16.5. The normalized spacial score (nSPS) is 32.4. The zero-order chi connectivity index (χ0) is 14.5. The summed E-state index contributed by atoms with van der Waals surface area (Å²) in [6.45, 7) is 2.87. The summed E-state index contributed by atoms with van der Waals surface area (Å²) in [6, 6.07) is 0.270. The number of amides is 1. The Labute approximate surface area is 122 Å². The van der Waals surface area contributed by atoms with Crippen LogP contribution in [0.5, 0.6) is 0 Å². The Hall–Kier alpha value is -0.610. The maximum Gasteiger partial charge on any atom is 0.222 e. The highest BCUT2D eigenvalue weighted by Gasteiger charge is 2.38. The molecule has 0 aromatic rings. The van der Waals surface area contributed by atoms with Crippen LogP contribution in [-0.2, 0) is 9.53 Å². The summed E-state index contributed by atoms with van der Waals surface area (Å²) in [4.78, 5) is 14.5. The van der Waals surface area contributed by atoms with Crippen molar-refractivity contribution in [3.8, 4) is 0 Å².